The van der Waals surface area contributed by atoms with Crippen LogP contribution >= 0.6 is 11.8 Å². The number of rotatable bonds is 8. The smallest absolute Gasteiger partial charge is 0.233 e. The summed E-state index contributed by atoms with van der Waals surface area (Å²) in [5, 5.41) is 13.9. The maximum Gasteiger partial charge on any atom is 0.233 e. The number of hydrogen-bond acceptors (Lipinski definition) is 6. The second-order valence-electron chi connectivity index (χ2n) is 7.20. The lowest BCUT2D eigenvalue weighted by atomic mass is 10.2. The van der Waals surface area contributed by atoms with Gasteiger partial charge >= 0.3 is 0 Å². The second-order valence-corrected chi connectivity index (χ2v) is 8.20. The van der Waals surface area contributed by atoms with E-state index in [0.29, 0.717) is 23.8 Å². The molecule has 0 aliphatic rings. The number of thioether (sulfide) groups is 1. The molecular weight excluding hydrogens is 386 g/mol. The van der Waals surface area contributed by atoms with E-state index in [2.05, 4.69) is 15.3 Å². The SMILES string of the molecule is CCOc1ccc(-c2nnc3ccc(SCC(=O)N(C(C)C)C(C)C)nn23)cc1. The van der Waals surface area contributed by atoms with Crippen LogP contribution in [0.5, 0.6) is 5.75 Å². The molecule has 2 heterocycles. The molecule has 1 aromatic carbocycles. The minimum absolute atomic E-state index is 0.109. The van der Waals surface area contributed by atoms with Crippen LogP contribution < -0.4 is 4.74 Å². The van der Waals surface area contributed by atoms with Gasteiger partial charge in [-0.1, -0.05) is 11.8 Å². The average molecular weight is 414 g/mol. The van der Waals surface area contributed by atoms with Crippen molar-refractivity contribution in [3.05, 3.63) is 36.4 Å². The molecule has 0 fully saturated rings. The molecule has 0 aliphatic carbocycles. The molecule has 0 unspecified atom stereocenters. The number of ether oxygens (including phenoxy) is 1. The Morgan fingerprint density at radius 1 is 1.07 bits per heavy atom. The molecule has 0 spiro atoms. The summed E-state index contributed by atoms with van der Waals surface area (Å²) >= 11 is 1.42. The van der Waals surface area contributed by atoms with Crippen LogP contribution in [0.1, 0.15) is 34.6 Å². The summed E-state index contributed by atoms with van der Waals surface area (Å²) in [5.74, 6) is 1.92. The van der Waals surface area contributed by atoms with E-state index in [1.807, 2.05) is 75.9 Å². The third-order valence-corrected chi connectivity index (χ3v) is 5.31. The van der Waals surface area contributed by atoms with Gasteiger partial charge in [-0.15, -0.1) is 10.2 Å². The quantitative estimate of drug-likeness (QED) is 0.521. The third kappa shape index (κ3) is 4.87. The zero-order valence-electron chi connectivity index (χ0n) is 17.5. The van der Waals surface area contributed by atoms with E-state index < -0.39 is 0 Å². The minimum atomic E-state index is 0.109. The predicted molar refractivity (Wildman–Crippen MR) is 115 cm³/mol. The summed E-state index contributed by atoms with van der Waals surface area (Å²) in [6.45, 7) is 10.7. The van der Waals surface area contributed by atoms with Crippen LogP contribution in [0.4, 0.5) is 0 Å². The van der Waals surface area contributed by atoms with Crippen LogP contribution in [0.2, 0.25) is 0 Å². The Kier molecular flexibility index (Phi) is 6.74. The normalized spacial score (nSPS) is 11.4. The maximum atomic E-state index is 12.6. The van der Waals surface area contributed by atoms with Gasteiger partial charge in [-0.05, 0) is 71.0 Å². The summed E-state index contributed by atoms with van der Waals surface area (Å²) in [4.78, 5) is 14.5. The Balaban J connectivity index is 1.79. The van der Waals surface area contributed by atoms with E-state index >= 15 is 0 Å². The molecule has 8 heteroatoms. The van der Waals surface area contributed by atoms with Gasteiger partial charge in [-0.25, -0.2) is 0 Å². The molecular formula is C21H27N5O2S. The lowest BCUT2D eigenvalue weighted by molar-refractivity contribution is -0.131. The number of benzene rings is 1. The molecule has 0 atom stereocenters. The van der Waals surface area contributed by atoms with Gasteiger partial charge in [0.15, 0.2) is 11.5 Å². The van der Waals surface area contributed by atoms with E-state index in [1.165, 1.54) is 11.8 Å². The molecule has 0 N–H and O–H groups in total. The monoisotopic (exact) mass is 413 g/mol. The molecule has 0 radical (unpaired) electrons. The van der Waals surface area contributed by atoms with Crippen LogP contribution in [0.3, 0.4) is 0 Å². The van der Waals surface area contributed by atoms with E-state index in [9.17, 15) is 4.79 Å². The van der Waals surface area contributed by atoms with Crippen molar-refractivity contribution in [2.24, 2.45) is 0 Å². The molecule has 7 nitrogen and oxygen atoms in total. The first kappa shape index (κ1) is 21.1. The summed E-state index contributed by atoms with van der Waals surface area (Å²) in [7, 11) is 0. The Hall–Kier alpha value is -2.61. The van der Waals surface area contributed by atoms with Gasteiger partial charge < -0.3 is 9.64 Å². The molecule has 0 bridgehead atoms. The van der Waals surface area contributed by atoms with E-state index in [-0.39, 0.29) is 18.0 Å². The van der Waals surface area contributed by atoms with Crippen molar-refractivity contribution in [2.45, 2.75) is 51.7 Å². The molecule has 0 aliphatic heterocycles. The fourth-order valence-electron chi connectivity index (χ4n) is 3.28. The van der Waals surface area contributed by atoms with Crippen molar-refractivity contribution >= 4 is 23.3 Å². The Bertz CT molecular complexity index is 961. The van der Waals surface area contributed by atoms with E-state index in [4.69, 9.17) is 4.74 Å². The minimum Gasteiger partial charge on any atom is -0.494 e. The summed E-state index contributed by atoms with van der Waals surface area (Å²) in [6.07, 6.45) is 0. The highest BCUT2D eigenvalue weighted by Gasteiger charge is 2.20. The number of aromatic nitrogens is 4. The number of carbonyl (C=O) groups excluding carboxylic acids is 1. The Morgan fingerprint density at radius 3 is 2.38 bits per heavy atom. The van der Waals surface area contributed by atoms with Crippen LogP contribution in [0, 0.1) is 0 Å². The second kappa shape index (κ2) is 9.26. The fraction of sp³-hybridized carbons (Fsp3) is 0.429. The van der Waals surface area contributed by atoms with Crippen LogP contribution in [-0.4, -0.2) is 55.1 Å². The van der Waals surface area contributed by atoms with Crippen molar-refractivity contribution in [2.75, 3.05) is 12.4 Å². The third-order valence-electron chi connectivity index (χ3n) is 4.41. The van der Waals surface area contributed by atoms with Crippen molar-refractivity contribution < 1.29 is 9.53 Å². The Morgan fingerprint density at radius 2 is 1.76 bits per heavy atom. The number of nitrogens with zero attached hydrogens (tertiary/aromatic N) is 5. The molecule has 1 amide bonds. The first-order valence-corrected chi connectivity index (χ1v) is 10.8. The zero-order chi connectivity index (χ0) is 21.0. The van der Waals surface area contributed by atoms with Crippen LogP contribution in [-0.2, 0) is 4.79 Å². The molecule has 3 aromatic rings. The highest BCUT2D eigenvalue weighted by atomic mass is 32.2. The van der Waals surface area contributed by atoms with E-state index in [0.717, 1.165) is 16.3 Å². The van der Waals surface area contributed by atoms with Gasteiger partial charge in [0.1, 0.15) is 10.8 Å². The fourth-order valence-corrected chi connectivity index (χ4v) is 4.00. The Labute approximate surface area is 175 Å². The zero-order valence-corrected chi connectivity index (χ0v) is 18.3. The first-order valence-electron chi connectivity index (χ1n) is 9.80. The number of amides is 1. The van der Waals surface area contributed by atoms with Gasteiger partial charge in [0, 0.05) is 17.6 Å². The first-order chi connectivity index (χ1) is 13.9. The number of hydrogen-bond donors (Lipinski definition) is 0. The highest BCUT2D eigenvalue weighted by Crippen LogP contribution is 2.23. The van der Waals surface area contributed by atoms with Gasteiger partial charge in [-0.3, -0.25) is 4.79 Å². The maximum absolute atomic E-state index is 12.6. The predicted octanol–water partition coefficient (Wildman–Crippen LogP) is 3.93. The molecule has 0 saturated carbocycles. The van der Waals surface area contributed by atoms with Crippen molar-refractivity contribution in [3.63, 3.8) is 0 Å². The largest absolute Gasteiger partial charge is 0.494 e. The van der Waals surface area contributed by atoms with Crippen LogP contribution in [0.15, 0.2) is 41.4 Å². The summed E-state index contributed by atoms with van der Waals surface area (Å²) in [5.41, 5.74) is 1.56. The van der Waals surface area contributed by atoms with Gasteiger partial charge in [-0.2, -0.15) is 9.61 Å². The lowest BCUT2D eigenvalue weighted by Crippen LogP contribution is -2.43. The van der Waals surface area contributed by atoms with E-state index in [1.54, 1.807) is 4.52 Å². The van der Waals surface area contributed by atoms with Gasteiger partial charge in [0.25, 0.3) is 0 Å². The van der Waals surface area contributed by atoms with Crippen LogP contribution in [0.25, 0.3) is 17.0 Å². The van der Waals surface area contributed by atoms with Crippen molar-refractivity contribution in [1.29, 1.82) is 0 Å². The average Bonchev–Trinajstić information content (AvgIpc) is 3.10. The van der Waals surface area contributed by atoms with Crippen molar-refractivity contribution in [3.8, 4) is 17.1 Å². The highest BCUT2D eigenvalue weighted by molar-refractivity contribution is 7.99. The van der Waals surface area contributed by atoms with Crippen molar-refractivity contribution in [1.82, 2.24) is 24.7 Å². The lowest BCUT2D eigenvalue weighted by Gasteiger charge is -2.30. The molecule has 0 saturated heterocycles. The van der Waals surface area contributed by atoms with Gasteiger partial charge in [0.2, 0.25) is 5.91 Å². The molecule has 3 rings (SSSR count). The topological polar surface area (TPSA) is 72.6 Å². The van der Waals surface area contributed by atoms with Gasteiger partial charge in [0.05, 0.1) is 12.4 Å². The standard InChI is InChI=1S/C21H27N5O2S/c1-6-28-17-9-7-16(8-10-17)21-23-22-18-11-12-19(24-26(18)21)29-13-20(27)25(14(2)3)15(4)5/h7-12,14-15H,6,13H2,1-5H3. The molecule has 2 aromatic heterocycles. The molecule has 29 heavy (non-hydrogen) atoms. The summed E-state index contributed by atoms with van der Waals surface area (Å²) in [6, 6.07) is 11.8. The number of fused-ring (bicyclic) bond motifs is 1. The molecule has 154 valence electrons. The summed E-state index contributed by atoms with van der Waals surface area (Å²) < 4.78 is 7.21. The number of carbonyl (C=O) groups is 1.